The van der Waals surface area contributed by atoms with Crippen LogP contribution in [0.25, 0.3) is 0 Å². The molecule has 0 aromatic carbocycles. The maximum Gasteiger partial charge on any atom is 0.410 e. The van der Waals surface area contributed by atoms with E-state index in [-0.39, 0.29) is 6.54 Å². The third-order valence-electron chi connectivity index (χ3n) is 2.49. The Balaban J connectivity index is 4.99. The molecule has 0 rings (SSSR count). The van der Waals surface area contributed by atoms with Crippen molar-refractivity contribution in [3.8, 4) is 6.07 Å². The molecule has 0 saturated heterocycles. The fraction of sp³-hybridized carbons (Fsp3) is 0.857. The zero-order chi connectivity index (χ0) is 17.8. The van der Waals surface area contributed by atoms with Gasteiger partial charge in [0.2, 0.25) is 0 Å². The Hall–Kier alpha value is -1.49. The van der Waals surface area contributed by atoms with Crippen molar-refractivity contribution in [3.05, 3.63) is 0 Å². The monoisotopic (exact) mass is 323 g/mol. The normalized spacial score (nSPS) is 14.2. The van der Waals surface area contributed by atoms with Crippen molar-refractivity contribution in [1.29, 1.82) is 5.26 Å². The second kappa shape index (κ2) is 7.18. The van der Waals surface area contributed by atoms with Gasteiger partial charge in [0.15, 0.2) is 0 Å². The van der Waals surface area contributed by atoms with E-state index in [9.17, 15) is 18.0 Å². The van der Waals surface area contributed by atoms with Crippen molar-refractivity contribution in [2.75, 3.05) is 13.1 Å². The average molecular weight is 323 g/mol. The van der Waals surface area contributed by atoms with Crippen molar-refractivity contribution >= 4 is 6.09 Å². The van der Waals surface area contributed by atoms with Gasteiger partial charge < -0.3 is 9.64 Å². The van der Waals surface area contributed by atoms with Gasteiger partial charge in [-0.3, -0.25) is 5.32 Å². The molecule has 1 unspecified atom stereocenters. The summed E-state index contributed by atoms with van der Waals surface area (Å²) in [5.74, 6) is 0. The van der Waals surface area contributed by atoms with Gasteiger partial charge in [0.05, 0.1) is 19.2 Å². The molecule has 0 aromatic heterocycles. The van der Waals surface area contributed by atoms with E-state index < -0.39 is 36.0 Å². The number of carbonyl (C=O) groups is 1. The zero-order valence-corrected chi connectivity index (χ0v) is 13.8. The molecule has 0 saturated carbocycles. The number of rotatable bonds is 4. The fourth-order valence-electron chi connectivity index (χ4n) is 1.51. The molecule has 128 valence electrons. The fourth-order valence-corrected chi connectivity index (χ4v) is 1.51. The highest BCUT2D eigenvalue weighted by Crippen LogP contribution is 2.19. The predicted octanol–water partition coefficient (Wildman–Crippen LogP) is 3.07. The highest BCUT2D eigenvalue weighted by molar-refractivity contribution is 5.69. The molecule has 0 aromatic rings. The molecular formula is C14H24F3N3O2. The van der Waals surface area contributed by atoms with Crippen LogP contribution in [0.3, 0.4) is 0 Å². The molecule has 8 heteroatoms. The largest absolute Gasteiger partial charge is 0.444 e. The van der Waals surface area contributed by atoms with E-state index in [1.54, 1.807) is 47.6 Å². The first-order valence-corrected chi connectivity index (χ1v) is 6.86. The molecule has 1 N–H and O–H groups in total. The Bertz CT molecular complexity index is 417. The smallest absolute Gasteiger partial charge is 0.410 e. The van der Waals surface area contributed by atoms with Gasteiger partial charge in [0, 0.05) is 5.54 Å². The highest BCUT2D eigenvalue weighted by Gasteiger charge is 2.34. The Morgan fingerprint density at radius 1 is 1.23 bits per heavy atom. The van der Waals surface area contributed by atoms with E-state index in [1.807, 2.05) is 0 Å². The van der Waals surface area contributed by atoms with Gasteiger partial charge in [-0.15, -0.1) is 0 Å². The van der Waals surface area contributed by atoms with E-state index in [4.69, 9.17) is 10.00 Å². The number of hydrogen-bond acceptors (Lipinski definition) is 4. The number of nitriles is 1. The van der Waals surface area contributed by atoms with Crippen molar-refractivity contribution in [2.45, 2.75) is 64.9 Å². The minimum Gasteiger partial charge on any atom is -0.444 e. The second-order valence-electron chi connectivity index (χ2n) is 6.94. The van der Waals surface area contributed by atoms with Crippen LogP contribution >= 0.6 is 0 Å². The van der Waals surface area contributed by atoms with E-state index in [1.165, 1.54) is 4.90 Å². The summed E-state index contributed by atoms with van der Waals surface area (Å²) in [5.41, 5.74) is -1.43. The number of nitrogens with zero attached hydrogens (tertiary/aromatic N) is 2. The van der Waals surface area contributed by atoms with Crippen LogP contribution in [0, 0.1) is 11.3 Å². The molecule has 5 nitrogen and oxygen atoms in total. The average Bonchev–Trinajstić information content (AvgIpc) is 2.23. The van der Waals surface area contributed by atoms with Crippen LogP contribution in [0.5, 0.6) is 0 Å². The van der Waals surface area contributed by atoms with Crippen molar-refractivity contribution < 1.29 is 22.7 Å². The summed E-state index contributed by atoms with van der Waals surface area (Å²) < 4.78 is 41.9. The van der Waals surface area contributed by atoms with Gasteiger partial charge in [-0.1, -0.05) is 0 Å². The topological polar surface area (TPSA) is 65.4 Å². The molecule has 0 aliphatic heterocycles. The van der Waals surface area contributed by atoms with Crippen molar-refractivity contribution in [1.82, 2.24) is 10.2 Å². The molecule has 0 fully saturated rings. The van der Waals surface area contributed by atoms with Gasteiger partial charge in [-0.05, 0) is 41.5 Å². The minimum absolute atomic E-state index is 0.203. The van der Waals surface area contributed by atoms with Gasteiger partial charge in [-0.2, -0.15) is 18.4 Å². The third kappa shape index (κ3) is 8.72. The molecule has 0 bridgehead atoms. The summed E-state index contributed by atoms with van der Waals surface area (Å²) in [6.45, 7) is 8.72. The Kier molecular flexibility index (Phi) is 6.69. The molecule has 0 spiro atoms. The molecule has 1 amide bonds. The lowest BCUT2D eigenvalue weighted by molar-refractivity contribution is -0.125. The number of halogens is 3. The maximum absolute atomic E-state index is 12.2. The molecule has 1 atom stereocenters. The third-order valence-corrected chi connectivity index (χ3v) is 2.49. The van der Waals surface area contributed by atoms with Gasteiger partial charge in [-0.25, -0.2) is 4.79 Å². The standard InChI is InChI=1S/C14H24F3N3O2/c1-12(2,3)20(11(21)22-13(4,5)6)8-10(7-18)19-9-14(15,16)17/h10,19H,8-9H2,1-6H3. The van der Waals surface area contributed by atoms with E-state index in [2.05, 4.69) is 5.32 Å². The highest BCUT2D eigenvalue weighted by atomic mass is 19.4. The van der Waals surface area contributed by atoms with Crippen LogP contribution in [-0.4, -0.2) is 47.4 Å². The molecule has 0 aliphatic rings. The lowest BCUT2D eigenvalue weighted by Gasteiger charge is -2.37. The van der Waals surface area contributed by atoms with Crippen LogP contribution in [0.2, 0.25) is 0 Å². The Labute approximate surface area is 129 Å². The SMILES string of the molecule is CC(C)(C)OC(=O)N(CC(C#N)NCC(F)(F)F)C(C)(C)C. The first-order chi connectivity index (χ1) is 9.65. The quantitative estimate of drug-likeness (QED) is 0.863. The summed E-state index contributed by atoms with van der Waals surface area (Å²) in [4.78, 5) is 13.4. The summed E-state index contributed by atoms with van der Waals surface area (Å²) in [6, 6.07) is 0.589. The van der Waals surface area contributed by atoms with Crippen molar-refractivity contribution in [2.24, 2.45) is 0 Å². The number of alkyl halides is 3. The van der Waals surface area contributed by atoms with E-state index >= 15 is 0 Å². The summed E-state index contributed by atoms with van der Waals surface area (Å²) in [5, 5.41) is 11.1. The van der Waals surface area contributed by atoms with Crippen LogP contribution in [0.15, 0.2) is 0 Å². The van der Waals surface area contributed by atoms with Gasteiger partial charge in [0.25, 0.3) is 0 Å². The molecule has 0 heterocycles. The molecule has 0 radical (unpaired) electrons. The van der Waals surface area contributed by atoms with Crippen LogP contribution in [-0.2, 0) is 4.74 Å². The Morgan fingerprint density at radius 3 is 2.05 bits per heavy atom. The molecular weight excluding hydrogens is 299 g/mol. The number of ether oxygens (including phenoxy) is 1. The number of hydrogen-bond donors (Lipinski definition) is 1. The van der Waals surface area contributed by atoms with Crippen LogP contribution in [0.4, 0.5) is 18.0 Å². The van der Waals surface area contributed by atoms with Crippen LogP contribution < -0.4 is 5.32 Å². The minimum atomic E-state index is -4.42. The number of carbonyl (C=O) groups excluding carboxylic acids is 1. The summed E-state index contributed by atoms with van der Waals surface area (Å²) in [6.07, 6.45) is -5.10. The van der Waals surface area contributed by atoms with Crippen molar-refractivity contribution in [3.63, 3.8) is 0 Å². The van der Waals surface area contributed by atoms with E-state index in [0.29, 0.717) is 0 Å². The zero-order valence-electron chi connectivity index (χ0n) is 13.8. The first kappa shape index (κ1) is 20.5. The maximum atomic E-state index is 12.2. The summed E-state index contributed by atoms with van der Waals surface area (Å²) in [7, 11) is 0. The summed E-state index contributed by atoms with van der Waals surface area (Å²) >= 11 is 0. The molecule has 0 aliphatic carbocycles. The van der Waals surface area contributed by atoms with E-state index in [0.717, 1.165) is 0 Å². The van der Waals surface area contributed by atoms with Gasteiger partial charge >= 0.3 is 12.3 Å². The molecule has 22 heavy (non-hydrogen) atoms. The van der Waals surface area contributed by atoms with Crippen LogP contribution in [0.1, 0.15) is 41.5 Å². The Morgan fingerprint density at radius 2 is 1.73 bits per heavy atom. The lowest BCUT2D eigenvalue weighted by Crippen LogP contribution is -2.53. The number of amides is 1. The number of nitrogens with one attached hydrogen (secondary N) is 1. The second-order valence-corrected chi connectivity index (χ2v) is 6.94. The lowest BCUT2D eigenvalue weighted by atomic mass is 10.1. The first-order valence-electron chi connectivity index (χ1n) is 6.86. The van der Waals surface area contributed by atoms with Gasteiger partial charge in [0.1, 0.15) is 11.6 Å². The predicted molar refractivity (Wildman–Crippen MR) is 76.2 cm³/mol.